The lowest BCUT2D eigenvalue weighted by Gasteiger charge is -2.29. The average molecular weight is 407 g/mol. The molecule has 1 atom stereocenters. The van der Waals surface area contributed by atoms with E-state index in [2.05, 4.69) is 5.32 Å². The number of nitrogens with one attached hydrogen (secondary N) is 1. The van der Waals surface area contributed by atoms with Gasteiger partial charge in [0.1, 0.15) is 6.04 Å². The molecular weight excluding hydrogens is 385 g/mol. The van der Waals surface area contributed by atoms with E-state index in [9.17, 15) is 9.59 Å². The number of nitrogens with zero attached hydrogens (tertiary/aromatic N) is 2. The lowest BCUT2D eigenvalue weighted by Crippen LogP contribution is -2.48. The topological polar surface area (TPSA) is 52.7 Å². The molecule has 2 aliphatic heterocycles. The molecule has 8 heteroatoms. The first-order valence-electron chi connectivity index (χ1n) is 8.33. The van der Waals surface area contributed by atoms with Crippen LogP contribution in [0.4, 0.5) is 0 Å². The fraction of sp³-hybridized carbons (Fsp3) is 0.529. The van der Waals surface area contributed by atoms with Crippen LogP contribution in [0.1, 0.15) is 29.6 Å². The molecule has 25 heavy (non-hydrogen) atoms. The molecule has 2 heterocycles. The number of carbonyl (C=O) groups is 2. The fourth-order valence-electron chi connectivity index (χ4n) is 3.39. The molecule has 0 aliphatic carbocycles. The van der Waals surface area contributed by atoms with Gasteiger partial charge in [-0.3, -0.25) is 9.59 Å². The van der Waals surface area contributed by atoms with Crippen LogP contribution in [0.5, 0.6) is 0 Å². The minimum Gasteiger partial charge on any atom is -0.340 e. The number of carbonyl (C=O) groups excluding carboxylic acids is 2. The van der Waals surface area contributed by atoms with Gasteiger partial charge in [0, 0.05) is 41.8 Å². The van der Waals surface area contributed by atoms with Crippen molar-refractivity contribution in [1.29, 1.82) is 0 Å². The van der Waals surface area contributed by atoms with Crippen molar-refractivity contribution in [2.45, 2.75) is 25.3 Å². The van der Waals surface area contributed by atoms with Crippen LogP contribution in [0.2, 0.25) is 10.0 Å². The van der Waals surface area contributed by atoms with Gasteiger partial charge in [-0.15, -0.1) is 12.4 Å². The van der Waals surface area contributed by atoms with Crippen molar-refractivity contribution in [3.63, 3.8) is 0 Å². The van der Waals surface area contributed by atoms with Crippen LogP contribution in [0, 0.1) is 0 Å². The van der Waals surface area contributed by atoms with Crippen molar-refractivity contribution in [1.82, 2.24) is 15.1 Å². The number of hydrogen-bond acceptors (Lipinski definition) is 3. The summed E-state index contributed by atoms with van der Waals surface area (Å²) in [7, 11) is 0. The van der Waals surface area contributed by atoms with Crippen molar-refractivity contribution in [3.8, 4) is 0 Å². The monoisotopic (exact) mass is 405 g/mol. The molecule has 2 amide bonds. The van der Waals surface area contributed by atoms with Crippen molar-refractivity contribution in [2.24, 2.45) is 0 Å². The minimum atomic E-state index is -0.381. The molecule has 5 nitrogen and oxygen atoms in total. The molecule has 1 aromatic carbocycles. The highest BCUT2D eigenvalue weighted by atomic mass is 35.5. The Morgan fingerprint density at radius 3 is 2.44 bits per heavy atom. The molecule has 1 N–H and O–H groups in total. The van der Waals surface area contributed by atoms with Crippen molar-refractivity contribution >= 4 is 47.4 Å². The van der Waals surface area contributed by atoms with Crippen LogP contribution in [0.15, 0.2) is 18.2 Å². The quantitative estimate of drug-likeness (QED) is 0.821. The van der Waals surface area contributed by atoms with Crippen LogP contribution in [-0.2, 0) is 4.79 Å². The van der Waals surface area contributed by atoms with Gasteiger partial charge in [-0.1, -0.05) is 23.2 Å². The SMILES string of the molecule is Cl.O=C(C1CCCN1C(=O)c1cc(Cl)cc(Cl)c1)N1CCCNCC1. The second-order valence-corrected chi connectivity index (χ2v) is 7.12. The van der Waals surface area contributed by atoms with E-state index >= 15 is 0 Å². The van der Waals surface area contributed by atoms with Crippen LogP contribution in [-0.4, -0.2) is 60.4 Å². The van der Waals surface area contributed by atoms with Gasteiger partial charge in [0.05, 0.1) is 0 Å². The lowest BCUT2D eigenvalue weighted by atomic mass is 10.1. The highest BCUT2D eigenvalue weighted by molar-refractivity contribution is 6.35. The third kappa shape index (κ3) is 4.79. The van der Waals surface area contributed by atoms with E-state index < -0.39 is 0 Å². The van der Waals surface area contributed by atoms with Gasteiger partial charge in [-0.25, -0.2) is 0 Å². The largest absolute Gasteiger partial charge is 0.340 e. The van der Waals surface area contributed by atoms with E-state index in [0.717, 1.165) is 32.5 Å². The predicted molar refractivity (Wildman–Crippen MR) is 102 cm³/mol. The normalized spacial score (nSPS) is 20.8. The Bertz CT molecular complexity index is 613. The van der Waals surface area contributed by atoms with E-state index in [-0.39, 0.29) is 30.3 Å². The standard InChI is InChI=1S/C17H21Cl2N3O2.ClH/c18-13-9-12(10-14(19)11-13)16(23)22-7-1-3-15(22)17(24)21-6-2-4-20-5-8-21;/h9-11,15,20H,1-8H2;1H. The molecule has 0 saturated carbocycles. The van der Waals surface area contributed by atoms with Crippen LogP contribution in [0.25, 0.3) is 0 Å². The highest BCUT2D eigenvalue weighted by Gasteiger charge is 2.37. The molecule has 1 aromatic rings. The van der Waals surface area contributed by atoms with Crippen LogP contribution in [0.3, 0.4) is 0 Å². The molecule has 2 aliphatic rings. The van der Waals surface area contributed by atoms with Crippen LogP contribution >= 0.6 is 35.6 Å². The molecular formula is C17H22Cl3N3O2. The van der Waals surface area contributed by atoms with Gasteiger partial charge in [0.25, 0.3) is 5.91 Å². The summed E-state index contributed by atoms with van der Waals surface area (Å²) in [4.78, 5) is 29.3. The number of halogens is 3. The van der Waals surface area contributed by atoms with E-state index in [1.165, 1.54) is 0 Å². The number of likely N-dealkylation sites (tertiary alicyclic amines) is 1. The molecule has 3 rings (SSSR count). The second kappa shape index (κ2) is 9.08. The summed E-state index contributed by atoms with van der Waals surface area (Å²) in [5.41, 5.74) is 0.435. The Kier molecular flexibility index (Phi) is 7.37. The minimum absolute atomic E-state index is 0. The van der Waals surface area contributed by atoms with Crippen LogP contribution < -0.4 is 5.32 Å². The predicted octanol–water partition coefficient (Wildman–Crippen LogP) is 2.84. The van der Waals surface area contributed by atoms with Gasteiger partial charge in [-0.05, 0) is 44.0 Å². The third-order valence-electron chi connectivity index (χ3n) is 4.56. The molecule has 0 spiro atoms. The molecule has 0 aromatic heterocycles. The number of benzene rings is 1. The maximum atomic E-state index is 12.9. The molecule has 1 unspecified atom stereocenters. The number of hydrogen-bond donors (Lipinski definition) is 1. The van der Waals surface area contributed by atoms with Gasteiger partial charge in [-0.2, -0.15) is 0 Å². The molecule has 0 bridgehead atoms. The zero-order chi connectivity index (χ0) is 17.1. The van der Waals surface area contributed by atoms with E-state index in [1.807, 2.05) is 4.90 Å². The van der Waals surface area contributed by atoms with Gasteiger partial charge in [0.15, 0.2) is 0 Å². The van der Waals surface area contributed by atoms with E-state index in [4.69, 9.17) is 23.2 Å². The average Bonchev–Trinajstić information content (AvgIpc) is 2.87. The number of amides is 2. The zero-order valence-corrected chi connectivity index (χ0v) is 16.2. The summed E-state index contributed by atoms with van der Waals surface area (Å²) in [6.07, 6.45) is 2.49. The summed E-state index contributed by atoms with van der Waals surface area (Å²) in [6, 6.07) is 4.42. The Balaban J connectivity index is 0.00000225. The Labute approximate surface area is 164 Å². The van der Waals surface area contributed by atoms with Crippen molar-refractivity contribution in [3.05, 3.63) is 33.8 Å². The van der Waals surface area contributed by atoms with E-state index in [1.54, 1.807) is 23.1 Å². The van der Waals surface area contributed by atoms with Gasteiger partial charge in [0.2, 0.25) is 5.91 Å². The molecule has 2 fully saturated rings. The molecule has 0 radical (unpaired) electrons. The summed E-state index contributed by atoms with van der Waals surface area (Å²) < 4.78 is 0. The Hall–Kier alpha value is -1.01. The first-order chi connectivity index (χ1) is 11.6. The first kappa shape index (κ1) is 20.3. The molecule has 2 saturated heterocycles. The maximum Gasteiger partial charge on any atom is 0.254 e. The lowest BCUT2D eigenvalue weighted by molar-refractivity contribution is -0.135. The van der Waals surface area contributed by atoms with Gasteiger partial charge < -0.3 is 15.1 Å². The summed E-state index contributed by atoms with van der Waals surface area (Å²) in [6.45, 7) is 3.76. The number of rotatable bonds is 2. The summed E-state index contributed by atoms with van der Waals surface area (Å²) >= 11 is 12.0. The maximum absolute atomic E-state index is 12.9. The Morgan fingerprint density at radius 1 is 1.00 bits per heavy atom. The zero-order valence-electron chi connectivity index (χ0n) is 13.8. The third-order valence-corrected chi connectivity index (χ3v) is 5.00. The summed E-state index contributed by atoms with van der Waals surface area (Å²) in [5.74, 6) is -0.124. The molecule has 138 valence electrons. The van der Waals surface area contributed by atoms with Crippen molar-refractivity contribution in [2.75, 3.05) is 32.7 Å². The van der Waals surface area contributed by atoms with Crippen molar-refractivity contribution < 1.29 is 9.59 Å². The fourth-order valence-corrected chi connectivity index (χ4v) is 3.91. The van der Waals surface area contributed by atoms with E-state index in [0.29, 0.717) is 35.1 Å². The smallest absolute Gasteiger partial charge is 0.254 e. The Morgan fingerprint density at radius 2 is 1.72 bits per heavy atom. The highest BCUT2D eigenvalue weighted by Crippen LogP contribution is 2.25. The first-order valence-corrected chi connectivity index (χ1v) is 9.08. The second-order valence-electron chi connectivity index (χ2n) is 6.24. The summed E-state index contributed by atoms with van der Waals surface area (Å²) in [5, 5.41) is 4.14. The van der Waals surface area contributed by atoms with Gasteiger partial charge >= 0.3 is 0 Å².